The maximum Gasteiger partial charge on any atom is 0.267 e. The summed E-state index contributed by atoms with van der Waals surface area (Å²) in [5.74, 6) is 0.661. The van der Waals surface area contributed by atoms with Crippen LogP contribution < -0.4 is 15.0 Å². The second-order valence-electron chi connectivity index (χ2n) is 6.64. The number of rotatable bonds is 4. The molecule has 6 nitrogen and oxygen atoms in total. The largest absolute Gasteiger partial charge is 0.479 e. The summed E-state index contributed by atoms with van der Waals surface area (Å²) in [6.07, 6.45) is -0.479. The number of thiazole rings is 1. The van der Waals surface area contributed by atoms with E-state index in [1.807, 2.05) is 35.7 Å². The van der Waals surface area contributed by atoms with E-state index in [0.717, 1.165) is 27.8 Å². The Morgan fingerprint density at radius 2 is 1.96 bits per heavy atom. The highest BCUT2D eigenvalue weighted by Crippen LogP contribution is 2.37. The van der Waals surface area contributed by atoms with Gasteiger partial charge in [0.15, 0.2) is 17.0 Å². The number of Topliss-reactive ketones (excluding diaryl/α,β-unsaturated/α-hetero) is 1. The summed E-state index contributed by atoms with van der Waals surface area (Å²) in [7, 11) is 1.75. The minimum Gasteiger partial charge on any atom is -0.479 e. The molecule has 1 unspecified atom stereocenters. The predicted molar refractivity (Wildman–Crippen MR) is 111 cm³/mol. The van der Waals surface area contributed by atoms with Gasteiger partial charge in [0.2, 0.25) is 0 Å². The molecule has 0 bridgehead atoms. The van der Waals surface area contributed by atoms with Crippen LogP contribution >= 0.6 is 11.3 Å². The number of aromatic nitrogens is 1. The molecule has 1 aliphatic heterocycles. The molecule has 1 aliphatic rings. The summed E-state index contributed by atoms with van der Waals surface area (Å²) in [5.41, 5.74) is 4.00. The third-order valence-corrected chi connectivity index (χ3v) is 5.40. The smallest absolute Gasteiger partial charge is 0.267 e. The van der Waals surface area contributed by atoms with E-state index >= 15 is 0 Å². The molecule has 2 aromatic carbocycles. The van der Waals surface area contributed by atoms with Crippen LogP contribution in [0.25, 0.3) is 11.3 Å². The van der Waals surface area contributed by atoms with Crippen molar-refractivity contribution in [2.45, 2.75) is 20.0 Å². The molecule has 1 atom stereocenters. The SMILES string of the molecule is CC(=O)c1ccc(Nc2nc(-c3ccc4c(c3)N(C)C(=O)C(C)O4)cs2)cc1. The van der Waals surface area contributed by atoms with Crippen LogP contribution in [-0.4, -0.2) is 29.8 Å². The van der Waals surface area contributed by atoms with E-state index < -0.39 is 6.10 Å². The molecule has 3 aromatic rings. The molecule has 0 spiro atoms. The predicted octanol–water partition coefficient (Wildman–Crippen LogP) is 4.50. The van der Waals surface area contributed by atoms with Crippen molar-refractivity contribution in [3.8, 4) is 17.0 Å². The molecule has 7 heteroatoms. The average molecular weight is 393 g/mol. The zero-order valence-corrected chi connectivity index (χ0v) is 16.5. The van der Waals surface area contributed by atoms with Crippen molar-refractivity contribution in [2.24, 2.45) is 0 Å². The Kier molecular flexibility index (Phi) is 4.60. The van der Waals surface area contributed by atoms with Gasteiger partial charge in [-0.3, -0.25) is 9.59 Å². The van der Waals surface area contributed by atoms with Crippen LogP contribution in [0.1, 0.15) is 24.2 Å². The second kappa shape index (κ2) is 7.09. The van der Waals surface area contributed by atoms with Crippen molar-refractivity contribution in [2.75, 3.05) is 17.3 Å². The van der Waals surface area contributed by atoms with Crippen molar-refractivity contribution in [1.82, 2.24) is 4.98 Å². The lowest BCUT2D eigenvalue weighted by Gasteiger charge is -2.30. The summed E-state index contributed by atoms with van der Waals surface area (Å²) in [6.45, 7) is 3.29. The molecule has 0 fully saturated rings. The van der Waals surface area contributed by atoms with Gasteiger partial charge in [0.1, 0.15) is 5.75 Å². The first kappa shape index (κ1) is 18.2. The van der Waals surface area contributed by atoms with Crippen LogP contribution in [0.15, 0.2) is 47.8 Å². The van der Waals surface area contributed by atoms with E-state index in [1.165, 1.54) is 11.3 Å². The Labute approximate surface area is 166 Å². The molecule has 1 N–H and O–H groups in total. The molecule has 1 amide bonds. The Morgan fingerprint density at radius 3 is 2.68 bits per heavy atom. The van der Waals surface area contributed by atoms with Crippen LogP contribution in [0.3, 0.4) is 0 Å². The highest BCUT2D eigenvalue weighted by atomic mass is 32.1. The van der Waals surface area contributed by atoms with E-state index in [4.69, 9.17) is 4.74 Å². The van der Waals surface area contributed by atoms with Gasteiger partial charge in [0.25, 0.3) is 5.91 Å². The monoisotopic (exact) mass is 393 g/mol. The number of nitrogens with zero attached hydrogens (tertiary/aromatic N) is 2. The molecule has 4 rings (SSSR count). The lowest BCUT2D eigenvalue weighted by atomic mass is 10.1. The van der Waals surface area contributed by atoms with E-state index in [2.05, 4.69) is 10.3 Å². The van der Waals surface area contributed by atoms with Crippen molar-refractivity contribution < 1.29 is 14.3 Å². The van der Waals surface area contributed by atoms with Gasteiger partial charge in [-0.05, 0) is 56.3 Å². The molecular formula is C21H19N3O3S. The van der Waals surface area contributed by atoms with Crippen molar-refractivity contribution >= 4 is 39.5 Å². The Morgan fingerprint density at radius 1 is 1.21 bits per heavy atom. The van der Waals surface area contributed by atoms with Crippen molar-refractivity contribution in [3.05, 3.63) is 53.4 Å². The Bertz CT molecular complexity index is 1060. The number of carbonyl (C=O) groups is 2. The van der Waals surface area contributed by atoms with Gasteiger partial charge >= 0.3 is 0 Å². The third kappa shape index (κ3) is 3.36. The first-order chi connectivity index (χ1) is 13.4. The molecule has 0 saturated heterocycles. The number of carbonyl (C=O) groups excluding carboxylic acids is 2. The van der Waals surface area contributed by atoms with Gasteiger partial charge in [-0.15, -0.1) is 11.3 Å². The number of amides is 1. The minimum atomic E-state index is -0.479. The number of ether oxygens (including phenoxy) is 1. The van der Waals surface area contributed by atoms with Crippen LogP contribution in [0.4, 0.5) is 16.5 Å². The molecule has 0 saturated carbocycles. The fourth-order valence-corrected chi connectivity index (χ4v) is 3.79. The molecule has 0 radical (unpaired) electrons. The highest BCUT2D eigenvalue weighted by molar-refractivity contribution is 7.14. The number of anilines is 3. The zero-order chi connectivity index (χ0) is 19.8. The normalized spacial score (nSPS) is 15.8. The van der Waals surface area contributed by atoms with E-state index in [-0.39, 0.29) is 11.7 Å². The first-order valence-electron chi connectivity index (χ1n) is 8.84. The lowest BCUT2D eigenvalue weighted by molar-refractivity contribution is -0.125. The third-order valence-electron chi connectivity index (χ3n) is 4.65. The van der Waals surface area contributed by atoms with Crippen LogP contribution in [-0.2, 0) is 4.79 Å². The minimum absolute atomic E-state index is 0.0392. The molecule has 28 heavy (non-hydrogen) atoms. The summed E-state index contributed by atoms with van der Waals surface area (Å²) in [6, 6.07) is 13.0. The van der Waals surface area contributed by atoms with Crippen LogP contribution in [0.2, 0.25) is 0 Å². The number of benzene rings is 2. The molecule has 142 valence electrons. The van der Waals surface area contributed by atoms with Gasteiger partial charge in [-0.2, -0.15) is 0 Å². The second-order valence-corrected chi connectivity index (χ2v) is 7.49. The zero-order valence-electron chi connectivity index (χ0n) is 15.7. The average Bonchev–Trinajstić information content (AvgIpc) is 3.15. The molecule has 2 heterocycles. The van der Waals surface area contributed by atoms with Crippen LogP contribution in [0.5, 0.6) is 5.75 Å². The van der Waals surface area contributed by atoms with Gasteiger partial charge in [0.05, 0.1) is 11.4 Å². The number of likely N-dealkylation sites (N-methyl/N-ethyl adjacent to an activating group) is 1. The van der Waals surface area contributed by atoms with Gasteiger partial charge in [0, 0.05) is 29.2 Å². The first-order valence-corrected chi connectivity index (χ1v) is 9.72. The number of fused-ring (bicyclic) bond motifs is 1. The Hall–Kier alpha value is -3.19. The quantitative estimate of drug-likeness (QED) is 0.661. The molecule has 1 aromatic heterocycles. The maximum absolute atomic E-state index is 12.2. The van der Waals surface area contributed by atoms with E-state index in [9.17, 15) is 9.59 Å². The van der Waals surface area contributed by atoms with Gasteiger partial charge < -0.3 is 15.0 Å². The number of nitrogens with one attached hydrogen (secondary N) is 1. The molecular weight excluding hydrogens is 374 g/mol. The summed E-state index contributed by atoms with van der Waals surface area (Å²) in [4.78, 5) is 29.8. The Balaban J connectivity index is 1.56. The van der Waals surface area contributed by atoms with E-state index in [1.54, 1.807) is 37.9 Å². The standard InChI is InChI=1S/C21H19N3O3S/c1-12(25)14-4-7-16(8-5-14)22-21-23-17(11-28-21)15-6-9-19-18(10-15)24(3)20(26)13(2)27-19/h4-11,13H,1-3H3,(H,22,23). The number of ketones is 1. The number of hydrogen-bond acceptors (Lipinski definition) is 6. The summed E-state index contributed by atoms with van der Waals surface area (Å²) < 4.78 is 5.67. The fraction of sp³-hybridized carbons (Fsp3) is 0.190. The van der Waals surface area contributed by atoms with Crippen molar-refractivity contribution in [3.63, 3.8) is 0 Å². The fourth-order valence-electron chi connectivity index (χ4n) is 3.05. The van der Waals surface area contributed by atoms with E-state index in [0.29, 0.717) is 11.3 Å². The molecule has 0 aliphatic carbocycles. The van der Waals surface area contributed by atoms with Gasteiger partial charge in [-0.25, -0.2) is 4.98 Å². The summed E-state index contributed by atoms with van der Waals surface area (Å²) in [5, 5.41) is 5.96. The van der Waals surface area contributed by atoms with Crippen LogP contribution in [0, 0.1) is 0 Å². The maximum atomic E-state index is 12.2. The topological polar surface area (TPSA) is 71.5 Å². The number of hydrogen-bond donors (Lipinski definition) is 1. The van der Waals surface area contributed by atoms with Gasteiger partial charge in [-0.1, -0.05) is 0 Å². The summed E-state index contributed by atoms with van der Waals surface area (Å²) >= 11 is 1.49. The van der Waals surface area contributed by atoms with Crippen molar-refractivity contribution in [1.29, 1.82) is 0 Å². The lowest BCUT2D eigenvalue weighted by Crippen LogP contribution is -2.41. The highest BCUT2D eigenvalue weighted by Gasteiger charge is 2.29.